The van der Waals surface area contributed by atoms with E-state index in [0.29, 0.717) is 19.0 Å². The van der Waals surface area contributed by atoms with Gasteiger partial charge in [0, 0.05) is 34.3 Å². The number of hydrogen-bond acceptors (Lipinski definition) is 4. The van der Waals surface area contributed by atoms with Gasteiger partial charge in [-0.25, -0.2) is 9.98 Å². The number of carbonyl (C=O) groups is 1. The lowest BCUT2D eigenvalue weighted by molar-refractivity contribution is -0.127. The van der Waals surface area contributed by atoms with Crippen molar-refractivity contribution >= 4 is 11.9 Å². The number of guanidine groups is 1. The minimum Gasteiger partial charge on any atom is -0.376 e. The van der Waals surface area contributed by atoms with Crippen molar-refractivity contribution in [2.75, 3.05) is 40.8 Å². The van der Waals surface area contributed by atoms with E-state index in [1.807, 2.05) is 48.5 Å². The summed E-state index contributed by atoms with van der Waals surface area (Å²) in [5, 5.41) is 3.35. The smallest absolute Gasteiger partial charge is 0.243 e. The number of amides is 1. The largest absolute Gasteiger partial charge is 0.376 e. The third-order valence-corrected chi connectivity index (χ3v) is 4.84. The van der Waals surface area contributed by atoms with E-state index in [9.17, 15) is 4.79 Å². The van der Waals surface area contributed by atoms with Gasteiger partial charge in [-0.15, -0.1) is 0 Å². The second-order valence-corrected chi connectivity index (χ2v) is 7.41. The standard InChI is InChI=1S/C21H30N6O2/c1-26(2)20(28)14-24-21(23-12-17-10-7-11-29-17)27(3)15-19-22-13-18(25-19)16-8-5-4-6-9-16/h4-6,8-9,13,17H,7,10-12,14-15H2,1-3H3,(H,22,25)(H,23,24). The molecule has 3 rings (SSSR count). The molecule has 2 heterocycles. The van der Waals surface area contributed by atoms with Crippen molar-refractivity contribution in [2.45, 2.75) is 25.5 Å². The molecule has 0 spiro atoms. The average Bonchev–Trinajstić information content (AvgIpc) is 3.40. The van der Waals surface area contributed by atoms with Gasteiger partial charge >= 0.3 is 0 Å². The number of carbonyl (C=O) groups excluding carboxylic acids is 1. The summed E-state index contributed by atoms with van der Waals surface area (Å²) in [6, 6.07) is 10.1. The summed E-state index contributed by atoms with van der Waals surface area (Å²) in [6.07, 6.45) is 4.15. The number of aliphatic imine (C=N–C) groups is 1. The molecule has 1 saturated heterocycles. The summed E-state index contributed by atoms with van der Waals surface area (Å²) in [5.41, 5.74) is 2.07. The molecule has 2 aromatic rings. The SMILES string of the molecule is CN(C)C(=O)CN=C(NCC1CCCO1)N(C)Cc1ncc(-c2ccccc2)[nH]1. The highest BCUT2D eigenvalue weighted by Gasteiger charge is 2.18. The zero-order chi connectivity index (χ0) is 20.6. The lowest BCUT2D eigenvalue weighted by Gasteiger charge is -2.23. The van der Waals surface area contributed by atoms with Crippen LogP contribution in [0.1, 0.15) is 18.7 Å². The normalized spacial score (nSPS) is 16.7. The molecule has 1 aliphatic heterocycles. The van der Waals surface area contributed by atoms with E-state index in [1.54, 1.807) is 19.0 Å². The van der Waals surface area contributed by atoms with E-state index in [0.717, 1.165) is 36.5 Å². The molecule has 0 radical (unpaired) electrons. The van der Waals surface area contributed by atoms with Crippen LogP contribution in [0.5, 0.6) is 0 Å². The molecule has 0 bridgehead atoms. The van der Waals surface area contributed by atoms with Crippen molar-refractivity contribution < 1.29 is 9.53 Å². The van der Waals surface area contributed by atoms with E-state index in [-0.39, 0.29) is 18.6 Å². The molecular weight excluding hydrogens is 368 g/mol. The Morgan fingerprint density at radius 2 is 2.10 bits per heavy atom. The van der Waals surface area contributed by atoms with Crippen LogP contribution in [0.4, 0.5) is 0 Å². The third kappa shape index (κ3) is 6.05. The number of nitrogens with one attached hydrogen (secondary N) is 2. The molecule has 8 nitrogen and oxygen atoms in total. The minimum absolute atomic E-state index is 0.0424. The fourth-order valence-electron chi connectivity index (χ4n) is 3.11. The van der Waals surface area contributed by atoms with Crippen molar-refractivity contribution in [1.82, 2.24) is 25.1 Å². The summed E-state index contributed by atoms with van der Waals surface area (Å²) in [4.78, 5) is 27.8. The highest BCUT2D eigenvalue weighted by molar-refractivity contribution is 5.84. The number of nitrogens with zero attached hydrogens (tertiary/aromatic N) is 4. The fourth-order valence-corrected chi connectivity index (χ4v) is 3.11. The lowest BCUT2D eigenvalue weighted by atomic mass is 10.2. The summed E-state index contributed by atoms with van der Waals surface area (Å²) < 4.78 is 5.69. The zero-order valence-electron chi connectivity index (χ0n) is 17.4. The van der Waals surface area contributed by atoms with Crippen molar-refractivity contribution in [3.05, 3.63) is 42.4 Å². The topological polar surface area (TPSA) is 85.8 Å². The van der Waals surface area contributed by atoms with E-state index in [2.05, 4.69) is 20.3 Å². The number of aromatic amines is 1. The predicted molar refractivity (Wildman–Crippen MR) is 113 cm³/mol. The van der Waals surface area contributed by atoms with Crippen LogP contribution in [-0.2, 0) is 16.1 Å². The van der Waals surface area contributed by atoms with Crippen LogP contribution in [-0.4, -0.2) is 78.6 Å². The van der Waals surface area contributed by atoms with Crippen molar-refractivity contribution in [1.29, 1.82) is 0 Å². The Kier molecular flexibility index (Phi) is 7.24. The molecule has 1 atom stereocenters. The van der Waals surface area contributed by atoms with Crippen LogP contribution in [0.25, 0.3) is 11.3 Å². The monoisotopic (exact) mass is 398 g/mol. The summed E-state index contributed by atoms with van der Waals surface area (Å²) >= 11 is 0. The highest BCUT2D eigenvalue weighted by atomic mass is 16.5. The first-order valence-corrected chi connectivity index (χ1v) is 9.93. The van der Waals surface area contributed by atoms with Crippen LogP contribution in [0.2, 0.25) is 0 Å². The molecule has 1 aliphatic rings. The Labute approximate surface area is 172 Å². The summed E-state index contributed by atoms with van der Waals surface area (Å²) in [7, 11) is 5.40. The van der Waals surface area contributed by atoms with Gasteiger partial charge in [-0.3, -0.25) is 4.79 Å². The molecule has 2 N–H and O–H groups in total. The zero-order valence-corrected chi connectivity index (χ0v) is 17.4. The van der Waals surface area contributed by atoms with Gasteiger partial charge in [0.25, 0.3) is 0 Å². The molecule has 1 amide bonds. The Hall–Kier alpha value is -2.87. The molecule has 0 aliphatic carbocycles. The van der Waals surface area contributed by atoms with Gasteiger partial charge in [0.05, 0.1) is 24.5 Å². The van der Waals surface area contributed by atoms with Gasteiger partial charge in [0.1, 0.15) is 12.4 Å². The third-order valence-electron chi connectivity index (χ3n) is 4.84. The van der Waals surface area contributed by atoms with E-state index < -0.39 is 0 Å². The second-order valence-electron chi connectivity index (χ2n) is 7.41. The van der Waals surface area contributed by atoms with Gasteiger partial charge in [-0.05, 0) is 18.4 Å². The van der Waals surface area contributed by atoms with Crippen LogP contribution in [0, 0.1) is 0 Å². The predicted octanol–water partition coefficient (Wildman–Crippen LogP) is 1.72. The number of aromatic nitrogens is 2. The maximum atomic E-state index is 12.0. The minimum atomic E-state index is -0.0424. The summed E-state index contributed by atoms with van der Waals surface area (Å²) in [5.74, 6) is 1.45. The van der Waals surface area contributed by atoms with Gasteiger partial charge in [0.2, 0.25) is 5.91 Å². The molecule has 29 heavy (non-hydrogen) atoms. The maximum absolute atomic E-state index is 12.0. The van der Waals surface area contributed by atoms with E-state index in [1.165, 1.54) is 0 Å². The number of hydrogen-bond donors (Lipinski definition) is 2. The fraction of sp³-hybridized carbons (Fsp3) is 0.476. The molecule has 1 aromatic carbocycles. The van der Waals surface area contributed by atoms with E-state index in [4.69, 9.17) is 4.74 Å². The number of H-pyrrole nitrogens is 1. The molecule has 156 valence electrons. The first-order chi connectivity index (χ1) is 14.0. The van der Waals surface area contributed by atoms with E-state index >= 15 is 0 Å². The van der Waals surface area contributed by atoms with Gasteiger partial charge < -0.3 is 24.8 Å². The number of rotatable bonds is 7. The number of likely N-dealkylation sites (N-methyl/N-ethyl adjacent to an activating group) is 1. The van der Waals surface area contributed by atoms with Crippen molar-refractivity contribution in [3.8, 4) is 11.3 Å². The first kappa shape index (κ1) is 20.9. The van der Waals surface area contributed by atoms with Crippen molar-refractivity contribution in [3.63, 3.8) is 0 Å². The Balaban J connectivity index is 1.66. The number of imidazole rings is 1. The molecular formula is C21H30N6O2. The van der Waals surface area contributed by atoms with Crippen LogP contribution < -0.4 is 5.32 Å². The highest BCUT2D eigenvalue weighted by Crippen LogP contribution is 2.16. The van der Waals surface area contributed by atoms with Crippen LogP contribution >= 0.6 is 0 Å². The summed E-state index contributed by atoms with van der Waals surface area (Å²) in [6.45, 7) is 2.12. The molecule has 1 fully saturated rings. The Morgan fingerprint density at radius 3 is 2.79 bits per heavy atom. The van der Waals surface area contributed by atoms with Gasteiger partial charge in [-0.1, -0.05) is 30.3 Å². The second kappa shape index (κ2) is 10.1. The van der Waals surface area contributed by atoms with Gasteiger partial charge in [0.15, 0.2) is 5.96 Å². The average molecular weight is 399 g/mol. The maximum Gasteiger partial charge on any atom is 0.243 e. The quantitative estimate of drug-likeness (QED) is 0.548. The Morgan fingerprint density at radius 1 is 1.31 bits per heavy atom. The molecule has 1 unspecified atom stereocenters. The number of benzene rings is 1. The lowest BCUT2D eigenvalue weighted by Crippen LogP contribution is -2.42. The van der Waals surface area contributed by atoms with Crippen LogP contribution in [0.15, 0.2) is 41.5 Å². The van der Waals surface area contributed by atoms with Gasteiger partial charge in [-0.2, -0.15) is 0 Å². The molecule has 0 saturated carbocycles. The van der Waals surface area contributed by atoms with Crippen LogP contribution in [0.3, 0.4) is 0 Å². The van der Waals surface area contributed by atoms with Crippen molar-refractivity contribution in [2.24, 2.45) is 4.99 Å². The number of ether oxygens (including phenoxy) is 1. The first-order valence-electron chi connectivity index (χ1n) is 9.93. The molecule has 1 aromatic heterocycles. The Bertz CT molecular complexity index is 812. The molecule has 8 heteroatoms.